The lowest BCUT2D eigenvalue weighted by Crippen LogP contribution is -2.10. The number of aromatic amines is 1. The van der Waals surface area contributed by atoms with Crippen LogP contribution in [-0.4, -0.2) is 16.1 Å². The third kappa shape index (κ3) is 1.66. The molecule has 0 atom stereocenters. The van der Waals surface area contributed by atoms with Crippen LogP contribution in [0.3, 0.4) is 0 Å². The van der Waals surface area contributed by atoms with Crippen LogP contribution in [0.1, 0.15) is 10.4 Å². The molecule has 0 spiro atoms. The van der Waals surface area contributed by atoms with Gasteiger partial charge < -0.3 is 10.1 Å². The molecule has 2 rings (SSSR count). The first kappa shape index (κ1) is 9.92. The summed E-state index contributed by atoms with van der Waals surface area (Å²) in [4.78, 5) is 24.7. The lowest BCUT2D eigenvalue weighted by molar-refractivity contribution is 0.0699. The van der Waals surface area contributed by atoms with Gasteiger partial charge in [-0.1, -0.05) is 22.0 Å². The van der Waals surface area contributed by atoms with Gasteiger partial charge in [-0.3, -0.25) is 4.79 Å². The van der Waals surface area contributed by atoms with Gasteiger partial charge in [0.05, 0.1) is 11.1 Å². The number of hydrogen-bond donors (Lipinski definition) is 2. The van der Waals surface area contributed by atoms with Gasteiger partial charge in [0, 0.05) is 15.9 Å². The minimum absolute atomic E-state index is 0.00113. The van der Waals surface area contributed by atoms with Crippen LogP contribution in [0.5, 0.6) is 0 Å². The summed E-state index contributed by atoms with van der Waals surface area (Å²) in [5, 5.41) is 9.46. The first-order valence-corrected chi connectivity index (χ1v) is 4.94. The van der Waals surface area contributed by atoms with Crippen LogP contribution in [-0.2, 0) is 0 Å². The van der Waals surface area contributed by atoms with Crippen LogP contribution in [0.2, 0.25) is 0 Å². The summed E-state index contributed by atoms with van der Waals surface area (Å²) in [5.74, 6) is -1.11. The van der Waals surface area contributed by atoms with Crippen molar-refractivity contribution in [1.29, 1.82) is 0 Å². The zero-order chi connectivity index (χ0) is 11.0. The minimum atomic E-state index is -1.11. The van der Waals surface area contributed by atoms with Crippen molar-refractivity contribution in [2.75, 3.05) is 0 Å². The third-order valence-electron chi connectivity index (χ3n) is 2.05. The summed E-state index contributed by atoms with van der Waals surface area (Å²) >= 11 is 3.26. The number of pyridine rings is 1. The molecule has 0 unspecified atom stereocenters. The van der Waals surface area contributed by atoms with Gasteiger partial charge in [-0.2, -0.15) is 0 Å². The van der Waals surface area contributed by atoms with Gasteiger partial charge >= 0.3 is 5.97 Å². The van der Waals surface area contributed by atoms with Gasteiger partial charge in [0.2, 0.25) is 5.56 Å². The Morgan fingerprint density at radius 2 is 2.13 bits per heavy atom. The average molecular weight is 268 g/mol. The molecule has 76 valence electrons. The molecule has 5 heteroatoms. The van der Waals surface area contributed by atoms with Gasteiger partial charge in [0.1, 0.15) is 0 Å². The summed E-state index contributed by atoms with van der Waals surface area (Å²) in [6, 6.07) is 6.20. The molecule has 0 saturated carbocycles. The fraction of sp³-hybridized carbons (Fsp3) is 0. The summed E-state index contributed by atoms with van der Waals surface area (Å²) in [6.07, 6.45) is 0. The van der Waals surface area contributed by atoms with Crippen molar-refractivity contribution in [3.05, 3.63) is 44.7 Å². The number of carbonyl (C=O) groups is 1. The monoisotopic (exact) mass is 267 g/mol. The SMILES string of the molecule is O=C(O)c1cc(=O)[nH]c2cccc(Br)c12. The number of aromatic carboxylic acids is 1. The van der Waals surface area contributed by atoms with Crippen molar-refractivity contribution in [3.8, 4) is 0 Å². The highest BCUT2D eigenvalue weighted by Gasteiger charge is 2.12. The van der Waals surface area contributed by atoms with Crippen molar-refractivity contribution in [2.45, 2.75) is 0 Å². The van der Waals surface area contributed by atoms with E-state index in [1.54, 1.807) is 18.2 Å². The number of H-pyrrole nitrogens is 1. The molecule has 0 saturated heterocycles. The Morgan fingerprint density at radius 1 is 1.40 bits per heavy atom. The predicted octanol–water partition coefficient (Wildman–Crippen LogP) is 1.99. The first-order valence-electron chi connectivity index (χ1n) is 4.14. The number of hydrogen-bond acceptors (Lipinski definition) is 2. The van der Waals surface area contributed by atoms with Crippen LogP contribution < -0.4 is 5.56 Å². The number of fused-ring (bicyclic) bond motifs is 1. The quantitative estimate of drug-likeness (QED) is 0.830. The molecule has 1 aromatic carbocycles. The molecule has 0 aliphatic carbocycles. The molecule has 0 fully saturated rings. The third-order valence-corrected chi connectivity index (χ3v) is 2.71. The molecule has 0 aliphatic heterocycles. The van der Waals surface area contributed by atoms with Crippen molar-refractivity contribution < 1.29 is 9.90 Å². The Morgan fingerprint density at radius 3 is 2.80 bits per heavy atom. The van der Waals surface area contributed by atoms with E-state index in [2.05, 4.69) is 20.9 Å². The second-order valence-corrected chi connectivity index (χ2v) is 3.87. The summed E-state index contributed by atoms with van der Waals surface area (Å²) in [7, 11) is 0. The lowest BCUT2D eigenvalue weighted by Gasteiger charge is -2.03. The van der Waals surface area contributed by atoms with Gasteiger partial charge in [0.15, 0.2) is 0 Å². The molecule has 0 radical (unpaired) electrons. The number of carboxylic acid groups (broad SMARTS) is 1. The molecule has 0 amide bonds. The Labute approximate surface area is 92.7 Å². The smallest absolute Gasteiger partial charge is 0.336 e. The normalized spacial score (nSPS) is 10.5. The number of benzene rings is 1. The highest BCUT2D eigenvalue weighted by Crippen LogP contribution is 2.24. The minimum Gasteiger partial charge on any atom is -0.478 e. The van der Waals surface area contributed by atoms with E-state index in [0.29, 0.717) is 15.4 Å². The fourth-order valence-corrected chi connectivity index (χ4v) is 2.02. The summed E-state index contributed by atoms with van der Waals surface area (Å²) < 4.78 is 0.647. The summed E-state index contributed by atoms with van der Waals surface area (Å²) in [6.45, 7) is 0. The molecule has 2 aromatic rings. The van der Waals surface area contributed by atoms with E-state index in [1.807, 2.05) is 0 Å². The topological polar surface area (TPSA) is 70.2 Å². The van der Waals surface area contributed by atoms with Crippen LogP contribution >= 0.6 is 15.9 Å². The highest BCUT2D eigenvalue weighted by atomic mass is 79.9. The van der Waals surface area contributed by atoms with Gasteiger partial charge in [-0.05, 0) is 12.1 Å². The molecule has 0 aliphatic rings. The van der Waals surface area contributed by atoms with E-state index in [1.165, 1.54) is 0 Å². The second-order valence-electron chi connectivity index (χ2n) is 3.01. The molecular formula is C10H6BrNO3. The molecule has 1 heterocycles. The van der Waals surface area contributed by atoms with Crippen molar-refractivity contribution >= 4 is 32.8 Å². The van der Waals surface area contributed by atoms with Crippen LogP contribution in [0.25, 0.3) is 10.9 Å². The lowest BCUT2D eigenvalue weighted by atomic mass is 10.1. The zero-order valence-electron chi connectivity index (χ0n) is 7.45. The molecule has 15 heavy (non-hydrogen) atoms. The van der Waals surface area contributed by atoms with Crippen molar-refractivity contribution in [2.24, 2.45) is 0 Å². The van der Waals surface area contributed by atoms with Crippen LogP contribution in [0.15, 0.2) is 33.5 Å². The van der Waals surface area contributed by atoms with Gasteiger partial charge in [-0.25, -0.2) is 4.79 Å². The van der Waals surface area contributed by atoms with E-state index in [4.69, 9.17) is 5.11 Å². The standard InChI is InChI=1S/C10H6BrNO3/c11-6-2-1-3-7-9(6)5(10(14)15)4-8(13)12-7/h1-4H,(H,12,13)(H,14,15). The maximum absolute atomic E-state index is 11.2. The van der Waals surface area contributed by atoms with Crippen molar-refractivity contribution in [1.82, 2.24) is 4.98 Å². The Bertz CT molecular complexity index is 603. The van der Waals surface area contributed by atoms with E-state index in [9.17, 15) is 9.59 Å². The Balaban J connectivity index is 3.01. The number of carboxylic acids is 1. The highest BCUT2D eigenvalue weighted by molar-refractivity contribution is 9.10. The molecule has 4 nitrogen and oxygen atoms in total. The molecular weight excluding hydrogens is 262 g/mol. The second kappa shape index (κ2) is 3.51. The van der Waals surface area contributed by atoms with E-state index >= 15 is 0 Å². The van der Waals surface area contributed by atoms with E-state index < -0.39 is 11.5 Å². The van der Waals surface area contributed by atoms with Crippen LogP contribution in [0.4, 0.5) is 0 Å². The zero-order valence-corrected chi connectivity index (χ0v) is 9.04. The van der Waals surface area contributed by atoms with E-state index in [0.717, 1.165) is 6.07 Å². The van der Waals surface area contributed by atoms with E-state index in [-0.39, 0.29) is 5.56 Å². The van der Waals surface area contributed by atoms with Gasteiger partial charge in [-0.15, -0.1) is 0 Å². The number of nitrogens with one attached hydrogen (secondary N) is 1. The van der Waals surface area contributed by atoms with Crippen molar-refractivity contribution in [3.63, 3.8) is 0 Å². The maximum atomic E-state index is 11.2. The van der Waals surface area contributed by atoms with Gasteiger partial charge in [0.25, 0.3) is 0 Å². The molecule has 2 N–H and O–H groups in total. The molecule has 0 bridgehead atoms. The summed E-state index contributed by atoms with van der Waals surface area (Å²) in [5.41, 5.74) is 0.0912. The van der Waals surface area contributed by atoms with Crippen LogP contribution in [0, 0.1) is 0 Å². The Hall–Kier alpha value is -1.62. The predicted molar refractivity (Wildman–Crippen MR) is 59.2 cm³/mol. The largest absolute Gasteiger partial charge is 0.478 e. The number of rotatable bonds is 1. The fourth-order valence-electron chi connectivity index (χ4n) is 1.44. The number of halogens is 1. The number of aromatic nitrogens is 1. The maximum Gasteiger partial charge on any atom is 0.336 e. The Kier molecular flexibility index (Phi) is 2.32. The average Bonchev–Trinajstić information content (AvgIpc) is 2.16. The molecule has 1 aromatic heterocycles. The first-order chi connectivity index (χ1) is 7.09.